The van der Waals surface area contributed by atoms with Gasteiger partial charge in [-0.15, -0.1) is 12.4 Å². The number of halogens is 1. The van der Waals surface area contributed by atoms with Gasteiger partial charge in [0, 0.05) is 31.5 Å². The van der Waals surface area contributed by atoms with Crippen molar-refractivity contribution < 1.29 is 4.79 Å². The highest BCUT2D eigenvalue weighted by atomic mass is 35.5. The SMILES string of the molecule is CC(N)C1CCN(C(=O)CC(c2ccccc2)c2ccccc2)CC1.Cl. The Balaban J connectivity index is 0.00000243. The van der Waals surface area contributed by atoms with Crippen LogP contribution in [0.1, 0.15) is 43.2 Å². The van der Waals surface area contributed by atoms with Crippen LogP contribution in [0.4, 0.5) is 0 Å². The summed E-state index contributed by atoms with van der Waals surface area (Å²) in [6.07, 6.45) is 2.56. The second kappa shape index (κ2) is 9.75. The fraction of sp³-hybridized carbons (Fsp3) is 0.409. The van der Waals surface area contributed by atoms with Crippen molar-refractivity contribution in [1.29, 1.82) is 0 Å². The zero-order chi connectivity index (χ0) is 17.6. The average molecular weight is 373 g/mol. The highest BCUT2D eigenvalue weighted by molar-refractivity contribution is 5.85. The third-order valence-corrected chi connectivity index (χ3v) is 5.42. The maximum Gasteiger partial charge on any atom is 0.223 e. The number of hydrogen-bond acceptors (Lipinski definition) is 2. The number of hydrogen-bond donors (Lipinski definition) is 1. The number of likely N-dealkylation sites (tertiary alicyclic amines) is 1. The quantitative estimate of drug-likeness (QED) is 0.854. The van der Waals surface area contributed by atoms with Gasteiger partial charge in [-0.05, 0) is 36.8 Å². The average Bonchev–Trinajstić information content (AvgIpc) is 2.67. The minimum Gasteiger partial charge on any atom is -0.343 e. The Morgan fingerprint density at radius 2 is 1.46 bits per heavy atom. The summed E-state index contributed by atoms with van der Waals surface area (Å²) in [6.45, 7) is 3.74. The van der Waals surface area contributed by atoms with Crippen LogP contribution < -0.4 is 5.73 Å². The molecule has 140 valence electrons. The number of carbonyl (C=O) groups is 1. The van der Waals surface area contributed by atoms with Crippen molar-refractivity contribution >= 4 is 18.3 Å². The Kier molecular flexibility index (Phi) is 7.67. The predicted octanol–water partition coefficient (Wildman–Crippen LogP) is 4.22. The van der Waals surface area contributed by atoms with Gasteiger partial charge in [0.2, 0.25) is 5.91 Å². The molecule has 3 rings (SSSR count). The summed E-state index contributed by atoms with van der Waals surface area (Å²) in [5, 5.41) is 0. The summed E-state index contributed by atoms with van der Waals surface area (Å²) in [4.78, 5) is 15.0. The molecule has 1 saturated heterocycles. The summed E-state index contributed by atoms with van der Waals surface area (Å²) < 4.78 is 0. The number of nitrogens with zero attached hydrogens (tertiary/aromatic N) is 1. The van der Waals surface area contributed by atoms with Crippen LogP contribution in [0.5, 0.6) is 0 Å². The first-order valence-corrected chi connectivity index (χ1v) is 9.28. The molecule has 26 heavy (non-hydrogen) atoms. The van der Waals surface area contributed by atoms with Gasteiger partial charge in [-0.2, -0.15) is 0 Å². The molecule has 0 aliphatic carbocycles. The fourth-order valence-electron chi connectivity index (χ4n) is 3.78. The highest BCUT2D eigenvalue weighted by Gasteiger charge is 2.27. The van der Waals surface area contributed by atoms with E-state index in [1.54, 1.807) is 0 Å². The molecule has 0 spiro atoms. The van der Waals surface area contributed by atoms with E-state index >= 15 is 0 Å². The van der Waals surface area contributed by atoms with E-state index < -0.39 is 0 Å². The first-order chi connectivity index (χ1) is 12.1. The fourth-order valence-corrected chi connectivity index (χ4v) is 3.78. The first-order valence-electron chi connectivity index (χ1n) is 9.28. The molecule has 4 heteroatoms. The molecule has 1 atom stereocenters. The molecule has 0 aromatic heterocycles. The summed E-state index contributed by atoms with van der Waals surface area (Å²) >= 11 is 0. The van der Waals surface area contributed by atoms with Gasteiger partial charge in [-0.1, -0.05) is 60.7 Å². The lowest BCUT2D eigenvalue weighted by Gasteiger charge is -2.34. The van der Waals surface area contributed by atoms with Crippen LogP contribution in [0.2, 0.25) is 0 Å². The van der Waals surface area contributed by atoms with Crippen molar-refractivity contribution in [1.82, 2.24) is 4.90 Å². The second-order valence-electron chi connectivity index (χ2n) is 7.16. The number of nitrogens with two attached hydrogens (primary N) is 1. The summed E-state index contributed by atoms with van der Waals surface area (Å²) in [5.41, 5.74) is 8.42. The lowest BCUT2D eigenvalue weighted by Crippen LogP contribution is -2.42. The van der Waals surface area contributed by atoms with E-state index in [0.717, 1.165) is 25.9 Å². The maximum absolute atomic E-state index is 12.9. The molecule has 0 bridgehead atoms. The molecule has 1 aliphatic rings. The third kappa shape index (κ3) is 5.09. The third-order valence-electron chi connectivity index (χ3n) is 5.42. The van der Waals surface area contributed by atoms with Crippen LogP contribution in [0.15, 0.2) is 60.7 Å². The number of carbonyl (C=O) groups excluding carboxylic acids is 1. The number of piperidine rings is 1. The maximum atomic E-state index is 12.9. The van der Waals surface area contributed by atoms with Gasteiger partial charge in [-0.3, -0.25) is 4.79 Å². The largest absolute Gasteiger partial charge is 0.343 e. The van der Waals surface area contributed by atoms with Crippen molar-refractivity contribution in [2.24, 2.45) is 11.7 Å². The van der Waals surface area contributed by atoms with E-state index in [2.05, 4.69) is 31.2 Å². The molecule has 1 unspecified atom stereocenters. The minimum absolute atomic E-state index is 0. The Bertz CT molecular complexity index is 628. The molecule has 1 aliphatic heterocycles. The van der Waals surface area contributed by atoms with Crippen molar-refractivity contribution in [3.05, 3.63) is 71.8 Å². The zero-order valence-corrected chi connectivity index (χ0v) is 16.2. The Hall–Kier alpha value is -1.84. The lowest BCUT2D eigenvalue weighted by molar-refractivity contribution is -0.132. The van der Waals surface area contributed by atoms with E-state index in [1.807, 2.05) is 41.3 Å². The van der Waals surface area contributed by atoms with Crippen LogP contribution in [-0.2, 0) is 4.79 Å². The van der Waals surface area contributed by atoms with Crippen LogP contribution in [0.25, 0.3) is 0 Å². The summed E-state index contributed by atoms with van der Waals surface area (Å²) in [5.74, 6) is 0.907. The minimum atomic E-state index is 0. The van der Waals surface area contributed by atoms with Crippen molar-refractivity contribution in [3.8, 4) is 0 Å². The van der Waals surface area contributed by atoms with Gasteiger partial charge in [0.1, 0.15) is 0 Å². The summed E-state index contributed by atoms with van der Waals surface area (Å²) in [6, 6.07) is 20.9. The smallest absolute Gasteiger partial charge is 0.223 e. The molecule has 2 aromatic carbocycles. The van der Waals surface area contributed by atoms with Gasteiger partial charge in [-0.25, -0.2) is 0 Å². The van der Waals surface area contributed by atoms with Crippen molar-refractivity contribution in [2.45, 2.75) is 38.1 Å². The van der Waals surface area contributed by atoms with Crippen LogP contribution in [0, 0.1) is 5.92 Å². The standard InChI is InChI=1S/C22H28N2O.ClH/c1-17(23)18-12-14-24(15-13-18)22(25)16-21(19-8-4-2-5-9-19)20-10-6-3-7-11-20;/h2-11,17-18,21H,12-16,23H2,1H3;1H. The highest BCUT2D eigenvalue weighted by Crippen LogP contribution is 2.29. The van der Waals surface area contributed by atoms with E-state index in [0.29, 0.717) is 12.3 Å². The van der Waals surface area contributed by atoms with E-state index in [-0.39, 0.29) is 30.3 Å². The zero-order valence-electron chi connectivity index (χ0n) is 15.4. The molecule has 0 saturated carbocycles. The Morgan fingerprint density at radius 1 is 1.00 bits per heavy atom. The molecule has 3 nitrogen and oxygen atoms in total. The van der Waals surface area contributed by atoms with E-state index in [4.69, 9.17) is 5.73 Å². The van der Waals surface area contributed by atoms with E-state index in [1.165, 1.54) is 11.1 Å². The van der Waals surface area contributed by atoms with Crippen LogP contribution in [0.3, 0.4) is 0 Å². The normalized spacial score (nSPS) is 16.2. The molecule has 1 amide bonds. The van der Waals surface area contributed by atoms with Crippen molar-refractivity contribution in [2.75, 3.05) is 13.1 Å². The van der Waals surface area contributed by atoms with Gasteiger partial charge in [0.15, 0.2) is 0 Å². The molecule has 1 fully saturated rings. The summed E-state index contributed by atoms with van der Waals surface area (Å²) in [7, 11) is 0. The topological polar surface area (TPSA) is 46.3 Å². The molecule has 2 aromatic rings. The molecular weight excluding hydrogens is 344 g/mol. The van der Waals surface area contributed by atoms with Crippen molar-refractivity contribution in [3.63, 3.8) is 0 Å². The molecule has 1 heterocycles. The monoisotopic (exact) mass is 372 g/mol. The van der Waals surface area contributed by atoms with Crippen LogP contribution >= 0.6 is 12.4 Å². The van der Waals surface area contributed by atoms with E-state index in [9.17, 15) is 4.79 Å². The molecule has 0 radical (unpaired) electrons. The van der Waals surface area contributed by atoms with Gasteiger partial charge in [0.05, 0.1) is 0 Å². The molecule has 2 N–H and O–H groups in total. The number of amides is 1. The first kappa shape index (κ1) is 20.5. The second-order valence-corrected chi connectivity index (χ2v) is 7.16. The van der Waals surface area contributed by atoms with Gasteiger partial charge in [0.25, 0.3) is 0 Å². The van der Waals surface area contributed by atoms with Gasteiger partial charge >= 0.3 is 0 Å². The Labute approximate surface area is 163 Å². The van der Waals surface area contributed by atoms with Crippen LogP contribution in [-0.4, -0.2) is 29.9 Å². The Morgan fingerprint density at radius 3 is 1.88 bits per heavy atom. The van der Waals surface area contributed by atoms with Gasteiger partial charge < -0.3 is 10.6 Å². The lowest BCUT2D eigenvalue weighted by atomic mass is 9.87. The number of rotatable bonds is 5. The number of benzene rings is 2. The predicted molar refractivity (Wildman–Crippen MR) is 110 cm³/mol. The molecular formula is C22H29ClN2O.